The number of nitrogens with zero attached hydrogens (tertiary/aromatic N) is 4. The Balaban J connectivity index is 1.52. The van der Waals surface area contributed by atoms with E-state index in [9.17, 15) is 5.11 Å². The van der Waals surface area contributed by atoms with Crippen LogP contribution in [-0.4, -0.2) is 46.0 Å². The Bertz CT molecular complexity index is 864. The number of nitrogens with one attached hydrogen (secondary N) is 2. The second-order valence-corrected chi connectivity index (χ2v) is 6.51. The van der Waals surface area contributed by atoms with Crippen LogP contribution < -0.4 is 10.6 Å². The van der Waals surface area contributed by atoms with Crippen molar-refractivity contribution in [3.05, 3.63) is 83.9 Å². The van der Waals surface area contributed by atoms with Crippen LogP contribution in [0.15, 0.2) is 72.2 Å². The lowest BCUT2D eigenvalue weighted by molar-refractivity contribution is 0.265. The highest BCUT2D eigenvalue weighted by atomic mass is 16.3. The van der Waals surface area contributed by atoms with Gasteiger partial charge in [-0.3, -0.25) is 4.99 Å². The highest BCUT2D eigenvalue weighted by Gasteiger charge is 2.10. The molecular formula is C21H26N6O. The Kier molecular flexibility index (Phi) is 7.14. The number of rotatable bonds is 8. The average molecular weight is 378 g/mol. The van der Waals surface area contributed by atoms with Gasteiger partial charge in [0.25, 0.3) is 0 Å². The summed E-state index contributed by atoms with van der Waals surface area (Å²) < 4.78 is 1.80. The van der Waals surface area contributed by atoms with Crippen molar-refractivity contribution in [2.75, 3.05) is 20.2 Å². The van der Waals surface area contributed by atoms with Crippen LogP contribution in [-0.2, 0) is 13.1 Å². The number of hydrogen-bond acceptors (Lipinski definition) is 4. The smallest absolute Gasteiger partial charge is 0.191 e. The van der Waals surface area contributed by atoms with Gasteiger partial charge in [-0.1, -0.05) is 54.6 Å². The van der Waals surface area contributed by atoms with Crippen LogP contribution in [0.4, 0.5) is 0 Å². The molecule has 0 aliphatic rings. The Labute approximate surface area is 165 Å². The number of benzene rings is 2. The van der Waals surface area contributed by atoms with Crippen molar-refractivity contribution >= 4 is 5.96 Å². The Morgan fingerprint density at radius 3 is 2.64 bits per heavy atom. The lowest BCUT2D eigenvalue weighted by Gasteiger charge is -2.18. The number of aromatic nitrogens is 3. The third-order valence-corrected chi connectivity index (χ3v) is 4.49. The predicted molar refractivity (Wildman–Crippen MR) is 110 cm³/mol. The summed E-state index contributed by atoms with van der Waals surface area (Å²) >= 11 is 0. The first kappa shape index (κ1) is 19.6. The van der Waals surface area contributed by atoms with E-state index in [2.05, 4.69) is 43.9 Å². The molecule has 7 nitrogen and oxygen atoms in total. The molecule has 0 aliphatic heterocycles. The Morgan fingerprint density at radius 1 is 1.11 bits per heavy atom. The molecule has 0 fully saturated rings. The first-order chi connectivity index (χ1) is 13.8. The molecule has 28 heavy (non-hydrogen) atoms. The molecule has 0 saturated heterocycles. The Hall–Kier alpha value is -3.19. The van der Waals surface area contributed by atoms with E-state index in [1.165, 1.54) is 6.33 Å². The predicted octanol–water partition coefficient (Wildman–Crippen LogP) is 1.77. The molecule has 0 aliphatic carbocycles. The fourth-order valence-electron chi connectivity index (χ4n) is 2.98. The molecule has 0 saturated carbocycles. The zero-order valence-corrected chi connectivity index (χ0v) is 16.0. The molecule has 7 heteroatoms. The summed E-state index contributed by atoms with van der Waals surface area (Å²) in [6.07, 6.45) is 3.25. The maximum Gasteiger partial charge on any atom is 0.191 e. The molecule has 0 radical (unpaired) electrons. The van der Waals surface area contributed by atoms with Gasteiger partial charge in [-0.05, 0) is 16.7 Å². The van der Waals surface area contributed by atoms with E-state index < -0.39 is 0 Å². The van der Waals surface area contributed by atoms with E-state index in [0.717, 1.165) is 16.7 Å². The maximum absolute atomic E-state index is 9.70. The fourth-order valence-corrected chi connectivity index (χ4v) is 2.98. The van der Waals surface area contributed by atoms with Crippen molar-refractivity contribution < 1.29 is 5.11 Å². The standard InChI is InChI=1S/C21H26N6O/c1-22-21(25-12-20(14-28)19-8-3-2-4-9-19)24-11-17-6-5-7-18(10-17)13-27-16-23-15-26-27/h2-10,15-16,20,28H,11-14H2,1H3,(H2,22,24,25). The van der Waals surface area contributed by atoms with Crippen LogP contribution in [0.5, 0.6) is 0 Å². The summed E-state index contributed by atoms with van der Waals surface area (Å²) in [5, 5.41) is 20.5. The largest absolute Gasteiger partial charge is 0.396 e. The lowest BCUT2D eigenvalue weighted by atomic mass is 10.0. The van der Waals surface area contributed by atoms with Gasteiger partial charge in [0.15, 0.2) is 5.96 Å². The summed E-state index contributed by atoms with van der Waals surface area (Å²) in [5.41, 5.74) is 3.42. The van der Waals surface area contributed by atoms with Crippen LogP contribution in [0, 0.1) is 0 Å². The number of hydrogen-bond donors (Lipinski definition) is 3. The van der Waals surface area contributed by atoms with E-state index in [1.807, 2.05) is 36.4 Å². The molecule has 2 aromatic carbocycles. The van der Waals surface area contributed by atoms with E-state index in [1.54, 1.807) is 18.1 Å². The van der Waals surface area contributed by atoms with Crippen molar-refractivity contribution in [2.45, 2.75) is 19.0 Å². The minimum atomic E-state index is 0.0192. The van der Waals surface area contributed by atoms with E-state index >= 15 is 0 Å². The molecule has 1 aromatic heterocycles. The summed E-state index contributed by atoms with van der Waals surface area (Å²) in [6.45, 7) is 2.03. The van der Waals surface area contributed by atoms with E-state index in [-0.39, 0.29) is 12.5 Å². The molecular weight excluding hydrogens is 352 g/mol. The molecule has 3 rings (SSSR count). The van der Waals surface area contributed by atoms with Gasteiger partial charge in [0.05, 0.1) is 13.2 Å². The van der Waals surface area contributed by atoms with Crippen LogP contribution in [0.2, 0.25) is 0 Å². The Morgan fingerprint density at radius 2 is 1.93 bits per heavy atom. The van der Waals surface area contributed by atoms with Crippen LogP contribution in [0.25, 0.3) is 0 Å². The molecule has 1 unspecified atom stereocenters. The van der Waals surface area contributed by atoms with Crippen molar-refractivity contribution in [3.8, 4) is 0 Å². The highest BCUT2D eigenvalue weighted by Crippen LogP contribution is 2.13. The fraction of sp³-hybridized carbons (Fsp3) is 0.286. The summed E-state index contributed by atoms with van der Waals surface area (Å²) in [7, 11) is 1.74. The molecule has 3 N–H and O–H groups in total. The van der Waals surface area contributed by atoms with Crippen molar-refractivity contribution in [3.63, 3.8) is 0 Å². The summed E-state index contributed by atoms with van der Waals surface area (Å²) in [6, 6.07) is 18.3. The zero-order chi connectivity index (χ0) is 19.6. The number of aliphatic imine (C=N–C) groups is 1. The average Bonchev–Trinajstić information content (AvgIpc) is 3.25. The summed E-state index contributed by atoms with van der Waals surface area (Å²) in [4.78, 5) is 8.25. The summed E-state index contributed by atoms with van der Waals surface area (Å²) in [5.74, 6) is 0.724. The number of aliphatic hydroxyl groups is 1. The monoisotopic (exact) mass is 378 g/mol. The SMILES string of the molecule is CN=C(NCc1cccc(Cn2cncn2)c1)NCC(CO)c1ccccc1. The third kappa shape index (κ3) is 5.65. The van der Waals surface area contributed by atoms with Crippen molar-refractivity contribution in [1.82, 2.24) is 25.4 Å². The van der Waals surface area contributed by atoms with Gasteiger partial charge in [-0.2, -0.15) is 5.10 Å². The van der Waals surface area contributed by atoms with Crippen LogP contribution in [0.1, 0.15) is 22.6 Å². The van der Waals surface area contributed by atoms with Crippen LogP contribution >= 0.6 is 0 Å². The first-order valence-corrected chi connectivity index (χ1v) is 9.29. The number of guanidine groups is 1. The minimum Gasteiger partial charge on any atom is -0.396 e. The van der Waals surface area contributed by atoms with Gasteiger partial charge in [-0.25, -0.2) is 9.67 Å². The molecule has 3 aromatic rings. The van der Waals surface area contributed by atoms with Crippen molar-refractivity contribution in [2.24, 2.45) is 4.99 Å². The second kappa shape index (κ2) is 10.2. The normalized spacial score (nSPS) is 12.6. The van der Waals surface area contributed by atoms with Gasteiger partial charge in [0.1, 0.15) is 12.7 Å². The maximum atomic E-state index is 9.70. The molecule has 1 heterocycles. The molecule has 146 valence electrons. The van der Waals surface area contributed by atoms with E-state index in [4.69, 9.17) is 0 Å². The van der Waals surface area contributed by atoms with E-state index in [0.29, 0.717) is 25.6 Å². The molecule has 0 amide bonds. The molecule has 0 spiro atoms. The van der Waals surface area contributed by atoms with Gasteiger partial charge >= 0.3 is 0 Å². The third-order valence-electron chi connectivity index (χ3n) is 4.49. The quantitative estimate of drug-likeness (QED) is 0.411. The highest BCUT2D eigenvalue weighted by molar-refractivity contribution is 5.79. The molecule has 0 bridgehead atoms. The van der Waals surface area contributed by atoms with Crippen LogP contribution in [0.3, 0.4) is 0 Å². The topological polar surface area (TPSA) is 87.4 Å². The van der Waals surface area contributed by atoms with Gasteiger partial charge in [-0.15, -0.1) is 0 Å². The number of aliphatic hydroxyl groups excluding tert-OH is 1. The van der Waals surface area contributed by atoms with Gasteiger partial charge in [0.2, 0.25) is 0 Å². The van der Waals surface area contributed by atoms with Gasteiger partial charge < -0.3 is 15.7 Å². The second-order valence-electron chi connectivity index (χ2n) is 6.51. The van der Waals surface area contributed by atoms with Gasteiger partial charge in [0, 0.05) is 26.1 Å². The van der Waals surface area contributed by atoms with Crippen molar-refractivity contribution in [1.29, 1.82) is 0 Å². The first-order valence-electron chi connectivity index (χ1n) is 9.29. The lowest BCUT2D eigenvalue weighted by Crippen LogP contribution is -2.39. The molecule has 1 atom stereocenters. The zero-order valence-electron chi connectivity index (χ0n) is 16.0. The minimum absolute atomic E-state index is 0.0192.